The van der Waals surface area contributed by atoms with E-state index in [1.165, 1.54) is 4.90 Å². The Kier molecular flexibility index (Phi) is 4.21. The zero-order valence-electron chi connectivity index (χ0n) is 11.1. The van der Waals surface area contributed by atoms with E-state index in [4.69, 9.17) is 5.73 Å². The van der Waals surface area contributed by atoms with Crippen molar-refractivity contribution in [1.82, 2.24) is 14.8 Å². The van der Waals surface area contributed by atoms with E-state index in [9.17, 15) is 9.59 Å². The van der Waals surface area contributed by atoms with Gasteiger partial charge in [0.15, 0.2) is 0 Å². The number of hydrogen-bond acceptors (Lipinski definition) is 3. The van der Waals surface area contributed by atoms with Crippen LogP contribution in [0.2, 0.25) is 0 Å². The number of carbonyl (C=O) groups excluding carboxylic acids is 2. The van der Waals surface area contributed by atoms with Gasteiger partial charge in [0.2, 0.25) is 5.91 Å². The van der Waals surface area contributed by atoms with Crippen LogP contribution in [0.1, 0.15) is 29.4 Å². The normalized spacial score (nSPS) is 16.3. The number of likely N-dealkylation sites (N-methyl/N-ethyl adjacent to an activating group) is 1. The summed E-state index contributed by atoms with van der Waals surface area (Å²) < 4.78 is 2.01. The molecule has 0 radical (unpaired) electrons. The smallest absolute Gasteiger partial charge is 0.270 e. The summed E-state index contributed by atoms with van der Waals surface area (Å²) in [6.07, 6.45) is 3.95. The van der Waals surface area contributed by atoms with Gasteiger partial charge < -0.3 is 20.5 Å². The number of hydrogen-bond donors (Lipinski definition) is 2. The Morgan fingerprint density at radius 2 is 2.16 bits per heavy atom. The van der Waals surface area contributed by atoms with Crippen LogP contribution in [0.4, 0.5) is 0 Å². The van der Waals surface area contributed by atoms with Crippen molar-refractivity contribution in [2.75, 3.05) is 26.7 Å². The fraction of sp³-hybridized carbons (Fsp3) is 0.538. The maximum atomic E-state index is 12.3. The van der Waals surface area contributed by atoms with Crippen LogP contribution in [0.15, 0.2) is 18.3 Å². The van der Waals surface area contributed by atoms with Gasteiger partial charge in [0.05, 0.1) is 6.54 Å². The average Bonchev–Trinajstić information content (AvgIpc) is 2.87. The highest BCUT2D eigenvalue weighted by Gasteiger charge is 2.22. The molecule has 0 unspecified atom stereocenters. The van der Waals surface area contributed by atoms with Crippen molar-refractivity contribution in [2.24, 2.45) is 5.73 Å². The third-order valence-corrected chi connectivity index (χ3v) is 3.44. The van der Waals surface area contributed by atoms with E-state index in [-0.39, 0.29) is 12.5 Å². The summed E-state index contributed by atoms with van der Waals surface area (Å²) >= 11 is 0. The molecule has 0 saturated carbocycles. The molecule has 104 valence electrons. The molecule has 6 nitrogen and oxygen atoms in total. The van der Waals surface area contributed by atoms with Gasteiger partial charge in [-0.3, -0.25) is 9.59 Å². The standard InChI is InChI=1S/C13H20N4O2/c1-16(9-12(14)18)13(19)11-3-2-8-17(11)10-4-6-15-7-5-10/h2-3,8,10,15H,4-7,9H2,1H3,(H2,14,18). The Morgan fingerprint density at radius 1 is 1.47 bits per heavy atom. The molecule has 3 N–H and O–H groups in total. The highest BCUT2D eigenvalue weighted by molar-refractivity contribution is 5.95. The van der Waals surface area contributed by atoms with Crippen LogP contribution in [-0.2, 0) is 4.79 Å². The van der Waals surface area contributed by atoms with Crippen LogP contribution in [-0.4, -0.2) is 48.0 Å². The lowest BCUT2D eigenvalue weighted by molar-refractivity contribution is -0.118. The fourth-order valence-corrected chi connectivity index (χ4v) is 2.48. The zero-order valence-corrected chi connectivity index (χ0v) is 11.1. The van der Waals surface area contributed by atoms with Crippen LogP contribution in [0.25, 0.3) is 0 Å². The molecule has 2 amide bonds. The molecule has 1 saturated heterocycles. The van der Waals surface area contributed by atoms with Crippen molar-refractivity contribution in [3.8, 4) is 0 Å². The SMILES string of the molecule is CN(CC(N)=O)C(=O)c1cccn1C1CCNCC1. The van der Waals surface area contributed by atoms with E-state index < -0.39 is 5.91 Å². The molecule has 0 bridgehead atoms. The van der Waals surface area contributed by atoms with Gasteiger partial charge in [-0.05, 0) is 38.1 Å². The molecule has 2 heterocycles. The first-order chi connectivity index (χ1) is 9.09. The Labute approximate surface area is 112 Å². The maximum Gasteiger partial charge on any atom is 0.270 e. The predicted octanol–water partition coefficient (Wildman–Crippen LogP) is -0.0301. The minimum absolute atomic E-state index is 0.0593. The second-order valence-corrected chi connectivity index (χ2v) is 4.91. The second kappa shape index (κ2) is 5.88. The lowest BCUT2D eigenvalue weighted by atomic mass is 10.1. The quantitative estimate of drug-likeness (QED) is 0.801. The molecular weight excluding hydrogens is 244 g/mol. The van der Waals surface area contributed by atoms with Crippen LogP contribution >= 0.6 is 0 Å². The van der Waals surface area contributed by atoms with Crippen molar-refractivity contribution < 1.29 is 9.59 Å². The third-order valence-electron chi connectivity index (χ3n) is 3.44. The lowest BCUT2D eigenvalue weighted by Crippen LogP contribution is -2.37. The highest BCUT2D eigenvalue weighted by Crippen LogP contribution is 2.21. The Bertz CT molecular complexity index is 463. The molecule has 0 aromatic carbocycles. The fourth-order valence-electron chi connectivity index (χ4n) is 2.48. The van der Waals surface area contributed by atoms with Gasteiger partial charge in [-0.1, -0.05) is 0 Å². The summed E-state index contributed by atoms with van der Waals surface area (Å²) in [5, 5.41) is 3.30. The molecule has 2 rings (SSSR count). The van der Waals surface area contributed by atoms with E-state index >= 15 is 0 Å². The number of amides is 2. The summed E-state index contributed by atoms with van der Waals surface area (Å²) in [6.45, 7) is 1.87. The lowest BCUT2D eigenvalue weighted by Gasteiger charge is -2.27. The minimum atomic E-state index is -0.504. The molecule has 1 aliphatic rings. The van der Waals surface area contributed by atoms with Crippen molar-refractivity contribution >= 4 is 11.8 Å². The molecule has 0 spiro atoms. The minimum Gasteiger partial charge on any atom is -0.368 e. The maximum absolute atomic E-state index is 12.3. The van der Waals surface area contributed by atoms with Gasteiger partial charge in [0.25, 0.3) is 5.91 Å². The van der Waals surface area contributed by atoms with Crippen molar-refractivity contribution in [2.45, 2.75) is 18.9 Å². The molecule has 6 heteroatoms. The van der Waals surface area contributed by atoms with Crippen LogP contribution < -0.4 is 11.1 Å². The van der Waals surface area contributed by atoms with Gasteiger partial charge in [-0.15, -0.1) is 0 Å². The summed E-state index contributed by atoms with van der Waals surface area (Å²) in [4.78, 5) is 24.5. The largest absolute Gasteiger partial charge is 0.368 e. The average molecular weight is 264 g/mol. The number of rotatable bonds is 4. The van der Waals surface area contributed by atoms with E-state index in [2.05, 4.69) is 5.32 Å². The Morgan fingerprint density at radius 3 is 2.79 bits per heavy atom. The number of carbonyl (C=O) groups is 2. The number of nitrogens with zero attached hydrogens (tertiary/aromatic N) is 2. The molecule has 1 aromatic rings. The third kappa shape index (κ3) is 3.14. The van der Waals surface area contributed by atoms with Gasteiger partial charge in [-0.2, -0.15) is 0 Å². The van der Waals surface area contributed by atoms with Gasteiger partial charge in [-0.25, -0.2) is 0 Å². The summed E-state index contributed by atoms with van der Waals surface area (Å²) in [5.74, 6) is -0.668. The van der Waals surface area contributed by atoms with E-state index in [1.807, 2.05) is 16.8 Å². The number of nitrogens with two attached hydrogens (primary N) is 1. The van der Waals surface area contributed by atoms with E-state index in [0.717, 1.165) is 25.9 Å². The number of primary amides is 1. The van der Waals surface area contributed by atoms with Crippen molar-refractivity contribution in [3.05, 3.63) is 24.0 Å². The highest BCUT2D eigenvalue weighted by atomic mass is 16.2. The first-order valence-electron chi connectivity index (χ1n) is 6.51. The molecular formula is C13H20N4O2. The number of aromatic nitrogens is 1. The van der Waals surface area contributed by atoms with E-state index in [1.54, 1.807) is 13.1 Å². The molecule has 1 aromatic heterocycles. The second-order valence-electron chi connectivity index (χ2n) is 4.91. The van der Waals surface area contributed by atoms with Gasteiger partial charge in [0, 0.05) is 19.3 Å². The summed E-state index contributed by atoms with van der Waals surface area (Å²) in [5.41, 5.74) is 5.74. The van der Waals surface area contributed by atoms with Crippen molar-refractivity contribution in [1.29, 1.82) is 0 Å². The monoisotopic (exact) mass is 264 g/mol. The molecule has 0 atom stereocenters. The number of piperidine rings is 1. The first-order valence-corrected chi connectivity index (χ1v) is 6.51. The molecule has 1 aliphatic heterocycles. The summed E-state index contributed by atoms with van der Waals surface area (Å²) in [6, 6.07) is 4.01. The Balaban J connectivity index is 2.14. The first kappa shape index (κ1) is 13.6. The zero-order chi connectivity index (χ0) is 13.8. The Hall–Kier alpha value is -1.82. The van der Waals surface area contributed by atoms with E-state index in [0.29, 0.717) is 11.7 Å². The van der Waals surface area contributed by atoms with Gasteiger partial charge in [0.1, 0.15) is 5.69 Å². The molecule has 0 aliphatic carbocycles. The van der Waals surface area contributed by atoms with Crippen LogP contribution in [0, 0.1) is 0 Å². The van der Waals surface area contributed by atoms with Crippen LogP contribution in [0.5, 0.6) is 0 Å². The summed E-state index contributed by atoms with van der Waals surface area (Å²) in [7, 11) is 1.59. The molecule has 1 fully saturated rings. The van der Waals surface area contributed by atoms with Gasteiger partial charge >= 0.3 is 0 Å². The van der Waals surface area contributed by atoms with Crippen LogP contribution in [0.3, 0.4) is 0 Å². The number of nitrogens with one attached hydrogen (secondary N) is 1. The predicted molar refractivity (Wildman–Crippen MR) is 71.7 cm³/mol. The molecule has 19 heavy (non-hydrogen) atoms. The topological polar surface area (TPSA) is 80.4 Å². The van der Waals surface area contributed by atoms with Crippen molar-refractivity contribution in [3.63, 3.8) is 0 Å².